The minimum absolute atomic E-state index is 0.0290. The van der Waals surface area contributed by atoms with Crippen LogP contribution < -0.4 is 5.32 Å². The van der Waals surface area contributed by atoms with Crippen LogP contribution in [-0.2, 0) is 0 Å². The summed E-state index contributed by atoms with van der Waals surface area (Å²) in [6, 6.07) is 6.27. The Morgan fingerprint density at radius 1 is 0.969 bits per heavy atom. The Bertz CT molecular complexity index is 928. The van der Waals surface area contributed by atoms with Crippen molar-refractivity contribution in [1.29, 1.82) is 0 Å². The summed E-state index contributed by atoms with van der Waals surface area (Å²) < 4.78 is 43.1. The number of nitrogens with one attached hydrogen (secondary N) is 1. The second-order valence-corrected chi connectivity index (χ2v) is 13.1. The summed E-state index contributed by atoms with van der Waals surface area (Å²) in [6.45, 7) is 14.3. The van der Waals surface area contributed by atoms with E-state index in [0.29, 0.717) is 23.1 Å². The monoisotopic (exact) mass is 464 g/mol. The molecule has 0 saturated heterocycles. The third-order valence-corrected chi connectivity index (χ3v) is 9.84. The van der Waals surface area contributed by atoms with Gasteiger partial charge in [0.2, 0.25) is 0 Å². The minimum Gasteiger partial charge on any atom is -0.390 e. The molecule has 0 heterocycles. The zero-order valence-corrected chi connectivity index (χ0v) is 20.3. The predicted octanol–water partition coefficient (Wildman–Crippen LogP) is 6.98. The van der Waals surface area contributed by atoms with Crippen molar-refractivity contribution >= 4 is 26.2 Å². The topological polar surface area (TPSA) is 52.5 Å². The Morgan fingerprint density at radius 3 is 2.12 bits per heavy atom. The van der Waals surface area contributed by atoms with Crippen molar-refractivity contribution < 1.29 is 23.4 Å². The van der Waals surface area contributed by atoms with Crippen molar-refractivity contribution in [3.8, 4) is 0 Å². The maximum atomic E-state index is 14.7. The van der Waals surface area contributed by atoms with E-state index in [9.17, 15) is 23.4 Å². The lowest BCUT2D eigenvalue weighted by molar-refractivity contribution is 0.0131. The molecule has 2 rings (SSSR count). The highest BCUT2D eigenvalue weighted by Crippen LogP contribution is 2.38. The van der Waals surface area contributed by atoms with Gasteiger partial charge in [-0.3, -0.25) is 0 Å². The maximum Gasteiger partial charge on any atom is 0.323 e. The molecule has 3 N–H and O–H groups in total. The lowest BCUT2D eigenvalue weighted by atomic mass is 9.98. The molecule has 7 heteroatoms. The average molecular weight is 465 g/mol. The largest absolute Gasteiger partial charge is 0.390 e. The first-order valence-corrected chi connectivity index (χ1v) is 12.6. The van der Waals surface area contributed by atoms with Gasteiger partial charge in [-0.15, -0.1) is 0 Å². The molecule has 2 aromatic rings. The molecular weight excluding hydrogens is 431 g/mol. The zero-order valence-electron chi connectivity index (χ0n) is 19.3. The highest BCUT2D eigenvalue weighted by molar-refractivity contribution is 6.63. The van der Waals surface area contributed by atoms with E-state index in [4.69, 9.17) is 0 Å². The van der Waals surface area contributed by atoms with Crippen LogP contribution in [0.15, 0.2) is 36.9 Å². The molecule has 0 spiro atoms. The fourth-order valence-corrected chi connectivity index (χ4v) is 8.60. The fraction of sp³-hybridized carbons (Fsp3) is 0.440. The molecule has 3 unspecified atom stereocenters. The average Bonchev–Trinajstić information content (AvgIpc) is 2.71. The predicted molar refractivity (Wildman–Crippen MR) is 127 cm³/mol. The van der Waals surface area contributed by atoms with Gasteiger partial charge in [0, 0.05) is 12.0 Å². The molecule has 0 fully saturated rings. The smallest absolute Gasteiger partial charge is 0.323 e. The SMILES string of the molecule is C=Cc1ccc(Nc2c(C(O)C(O)CC(C)[Si+](C(C)C)C(C)C)ccc(F)c2F)c(F)c1. The van der Waals surface area contributed by atoms with E-state index in [2.05, 4.69) is 46.5 Å². The van der Waals surface area contributed by atoms with Gasteiger partial charge in [-0.05, 0) is 58.4 Å². The first-order chi connectivity index (χ1) is 15.0. The third kappa shape index (κ3) is 6.03. The molecule has 32 heavy (non-hydrogen) atoms. The van der Waals surface area contributed by atoms with Crippen LogP contribution in [0, 0.1) is 17.5 Å². The van der Waals surface area contributed by atoms with Gasteiger partial charge in [-0.1, -0.05) is 24.8 Å². The van der Waals surface area contributed by atoms with Gasteiger partial charge in [0.25, 0.3) is 0 Å². The number of benzene rings is 2. The summed E-state index contributed by atoms with van der Waals surface area (Å²) in [5, 5.41) is 24.2. The number of aliphatic hydroxyl groups is 2. The second kappa shape index (κ2) is 11.2. The fourth-order valence-electron chi connectivity index (χ4n) is 4.47. The van der Waals surface area contributed by atoms with Crippen LogP contribution in [0.3, 0.4) is 0 Å². The molecule has 0 amide bonds. The van der Waals surface area contributed by atoms with Gasteiger partial charge in [0.15, 0.2) is 11.6 Å². The summed E-state index contributed by atoms with van der Waals surface area (Å²) in [5.41, 5.74) is 1.19. The number of halogens is 3. The Labute approximate surface area is 190 Å². The van der Waals surface area contributed by atoms with Crippen molar-refractivity contribution in [3.05, 3.63) is 65.5 Å². The van der Waals surface area contributed by atoms with E-state index in [0.717, 1.165) is 6.07 Å². The van der Waals surface area contributed by atoms with E-state index in [1.54, 1.807) is 6.07 Å². The van der Waals surface area contributed by atoms with E-state index in [1.807, 2.05) is 0 Å². The second-order valence-electron chi connectivity index (χ2n) is 8.85. The molecule has 0 aliphatic rings. The normalized spacial score (nSPS) is 14.4. The molecule has 0 aromatic heterocycles. The molecule has 3 nitrogen and oxygen atoms in total. The molecule has 2 aromatic carbocycles. The Kier molecular flexibility index (Phi) is 9.13. The first-order valence-electron chi connectivity index (χ1n) is 10.9. The van der Waals surface area contributed by atoms with Gasteiger partial charge in [0.05, 0.1) is 34.1 Å². The van der Waals surface area contributed by atoms with E-state index < -0.39 is 44.1 Å². The van der Waals surface area contributed by atoms with Crippen LogP contribution in [0.25, 0.3) is 6.08 Å². The van der Waals surface area contributed by atoms with Crippen molar-refractivity contribution in [1.82, 2.24) is 0 Å². The van der Waals surface area contributed by atoms with Crippen LogP contribution in [0.2, 0.25) is 16.6 Å². The Morgan fingerprint density at radius 2 is 1.59 bits per heavy atom. The lowest BCUT2D eigenvalue weighted by Gasteiger charge is -2.25. The standard InChI is InChI=1S/C25H33F3NO2Si/c1-7-17-8-11-21(20(27)13-17)29-24-18(9-10-19(26)23(24)28)25(31)22(30)12-16(6)32(14(2)3)15(4)5/h7-11,13-16,22,25,29-31H,1,12H2,2-6H3/q+1. The van der Waals surface area contributed by atoms with E-state index in [1.165, 1.54) is 24.3 Å². The van der Waals surface area contributed by atoms with Crippen LogP contribution in [0.4, 0.5) is 24.5 Å². The summed E-state index contributed by atoms with van der Waals surface area (Å²) in [7, 11) is -0.829. The van der Waals surface area contributed by atoms with E-state index in [-0.39, 0.29) is 16.8 Å². The minimum atomic E-state index is -1.46. The van der Waals surface area contributed by atoms with E-state index >= 15 is 0 Å². The summed E-state index contributed by atoms with van der Waals surface area (Å²) in [5.74, 6) is -3.07. The number of hydrogen-bond donors (Lipinski definition) is 3. The summed E-state index contributed by atoms with van der Waals surface area (Å²) in [6.07, 6.45) is -0.854. The van der Waals surface area contributed by atoms with Crippen molar-refractivity contribution in [2.24, 2.45) is 0 Å². The first kappa shape index (κ1) is 26.2. The van der Waals surface area contributed by atoms with Gasteiger partial charge >= 0.3 is 8.80 Å². The van der Waals surface area contributed by atoms with Gasteiger partial charge in [-0.2, -0.15) is 0 Å². The molecular formula is C25H33F3NO2Si+. The summed E-state index contributed by atoms with van der Waals surface area (Å²) >= 11 is 0. The third-order valence-electron chi connectivity index (χ3n) is 5.80. The molecule has 3 atom stereocenters. The molecule has 0 radical (unpaired) electrons. The number of anilines is 2. The maximum absolute atomic E-state index is 14.7. The van der Waals surface area contributed by atoms with Crippen LogP contribution >= 0.6 is 0 Å². The molecule has 0 bridgehead atoms. The zero-order chi connectivity index (χ0) is 24.2. The van der Waals surface area contributed by atoms with Crippen LogP contribution in [-0.4, -0.2) is 25.1 Å². The highest BCUT2D eigenvalue weighted by Gasteiger charge is 2.42. The van der Waals surface area contributed by atoms with Gasteiger partial charge in [-0.25, -0.2) is 13.2 Å². The number of aliphatic hydroxyl groups excluding tert-OH is 2. The van der Waals surface area contributed by atoms with Crippen molar-refractivity contribution in [3.63, 3.8) is 0 Å². The van der Waals surface area contributed by atoms with Crippen molar-refractivity contribution in [2.45, 2.75) is 69.9 Å². The van der Waals surface area contributed by atoms with Crippen LogP contribution in [0.5, 0.6) is 0 Å². The molecule has 0 saturated carbocycles. The number of rotatable bonds is 10. The van der Waals surface area contributed by atoms with Gasteiger partial charge in [0.1, 0.15) is 11.9 Å². The van der Waals surface area contributed by atoms with Crippen LogP contribution in [0.1, 0.15) is 58.3 Å². The Balaban J connectivity index is 2.34. The quantitative estimate of drug-likeness (QED) is 0.333. The molecule has 0 aliphatic carbocycles. The molecule has 174 valence electrons. The lowest BCUT2D eigenvalue weighted by Crippen LogP contribution is -2.30. The Hall–Kier alpha value is -2.09. The highest BCUT2D eigenvalue weighted by atomic mass is 28.3. The summed E-state index contributed by atoms with van der Waals surface area (Å²) in [4.78, 5) is 0. The van der Waals surface area contributed by atoms with Crippen molar-refractivity contribution in [2.75, 3.05) is 5.32 Å². The number of hydrogen-bond acceptors (Lipinski definition) is 3. The van der Waals surface area contributed by atoms with Gasteiger partial charge < -0.3 is 15.5 Å². The molecule has 0 aliphatic heterocycles.